The first-order chi connectivity index (χ1) is 10.1. The highest BCUT2D eigenvalue weighted by Crippen LogP contribution is 2.63. The molecule has 0 N–H and O–H groups in total. The Labute approximate surface area is 131 Å². The lowest BCUT2D eigenvalue weighted by Crippen LogP contribution is -2.24. The minimum atomic E-state index is -0.295. The fourth-order valence-electron chi connectivity index (χ4n) is 5.67. The van der Waals surface area contributed by atoms with Gasteiger partial charge >= 0.3 is 0 Å². The van der Waals surface area contributed by atoms with Crippen LogP contribution in [0.2, 0.25) is 0 Å². The van der Waals surface area contributed by atoms with Gasteiger partial charge in [-0.2, -0.15) is 0 Å². The van der Waals surface area contributed by atoms with Crippen molar-refractivity contribution >= 4 is 0 Å². The van der Waals surface area contributed by atoms with Crippen molar-refractivity contribution in [2.24, 2.45) is 0 Å². The van der Waals surface area contributed by atoms with Crippen LogP contribution in [0.5, 0.6) is 0 Å². The Morgan fingerprint density at radius 2 is 0.773 bits per heavy atom. The van der Waals surface area contributed by atoms with E-state index in [9.17, 15) is 0 Å². The topological polar surface area (TPSA) is 18.5 Å². The first-order valence-electron chi connectivity index (χ1n) is 8.14. The van der Waals surface area contributed by atoms with Crippen LogP contribution in [-0.2, 0) is 31.9 Å². The summed E-state index contributed by atoms with van der Waals surface area (Å²) in [6.07, 6.45) is 8.90. The summed E-state index contributed by atoms with van der Waals surface area (Å²) in [5.41, 5.74) is 6.97. The lowest BCUT2D eigenvalue weighted by atomic mass is 9.70. The summed E-state index contributed by atoms with van der Waals surface area (Å²) in [5, 5.41) is 0. The summed E-state index contributed by atoms with van der Waals surface area (Å²) >= 11 is 0. The number of fused-ring (bicyclic) bond motifs is 10. The van der Waals surface area contributed by atoms with Gasteiger partial charge in [-0.05, 0) is 99.2 Å². The van der Waals surface area contributed by atoms with Gasteiger partial charge < -0.3 is 9.47 Å². The molecule has 4 aliphatic rings. The monoisotopic (exact) mass is 294 g/mol. The highest BCUT2D eigenvalue weighted by molar-refractivity contribution is 5.67. The zero-order valence-electron chi connectivity index (χ0n) is 14.1. The molecule has 114 valence electrons. The van der Waals surface area contributed by atoms with E-state index in [1.54, 1.807) is 0 Å². The number of hydrogen-bond acceptors (Lipinski definition) is 2. The lowest BCUT2D eigenvalue weighted by molar-refractivity contribution is -0.0537. The molecule has 0 saturated carbocycles. The summed E-state index contributed by atoms with van der Waals surface area (Å²) in [7, 11) is 0. The maximum Gasteiger partial charge on any atom is 0.111 e. The molecule has 0 aliphatic carbocycles. The van der Waals surface area contributed by atoms with Crippen LogP contribution in [0, 0.1) is 13.8 Å². The smallest absolute Gasteiger partial charge is 0.111 e. The SMILES string of the molecule is Cc1c2c(c(C)c3c1[C@]1(C)C=C[C@]3(C)O1)[C@@]1(C)C=C[C@@]2(C)O1. The minimum absolute atomic E-state index is 0.295. The predicted octanol–water partition coefficient (Wildman–Crippen LogP) is 4.36. The second-order valence-corrected chi connectivity index (χ2v) is 8.05. The fourth-order valence-corrected chi connectivity index (χ4v) is 5.67. The van der Waals surface area contributed by atoms with Gasteiger partial charge in [-0.25, -0.2) is 0 Å². The van der Waals surface area contributed by atoms with Gasteiger partial charge in [0.2, 0.25) is 0 Å². The molecule has 1 aromatic carbocycles. The highest BCUT2D eigenvalue weighted by atomic mass is 16.5. The van der Waals surface area contributed by atoms with Crippen molar-refractivity contribution in [3.05, 3.63) is 57.7 Å². The Morgan fingerprint density at radius 1 is 0.545 bits per heavy atom. The van der Waals surface area contributed by atoms with Crippen LogP contribution in [0.4, 0.5) is 0 Å². The van der Waals surface area contributed by atoms with Crippen molar-refractivity contribution < 1.29 is 9.47 Å². The van der Waals surface area contributed by atoms with Crippen LogP contribution in [0.15, 0.2) is 24.3 Å². The molecule has 0 amide bonds. The van der Waals surface area contributed by atoms with Gasteiger partial charge in [-0.3, -0.25) is 0 Å². The van der Waals surface area contributed by atoms with E-state index in [0.29, 0.717) is 0 Å². The first kappa shape index (κ1) is 13.1. The maximum absolute atomic E-state index is 6.44. The molecule has 4 heterocycles. The molecule has 0 unspecified atom stereocenters. The Bertz CT molecular complexity index is 703. The van der Waals surface area contributed by atoms with Crippen molar-refractivity contribution in [1.29, 1.82) is 0 Å². The van der Waals surface area contributed by atoms with E-state index in [-0.39, 0.29) is 22.4 Å². The van der Waals surface area contributed by atoms with Crippen LogP contribution in [-0.4, -0.2) is 0 Å². The van der Waals surface area contributed by atoms with Gasteiger partial charge in [0, 0.05) is 0 Å². The molecular formula is C20H22O2. The standard InChI is InChI=1S/C20H22O2/c1-11-13-15(19(5)9-7-17(13,3)21-19)12(2)16-14(11)18(4)8-10-20(16,6)22-18/h7-10H,1-6H3/t17-,18+,19-,20+. The van der Waals surface area contributed by atoms with E-state index in [1.165, 1.54) is 33.4 Å². The van der Waals surface area contributed by atoms with Crippen LogP contribution in [0.3, 0.4) is 0 Å². The van der Waals surface area contributed by atoms with Crippen LogP contribution in [0.25, 0.3) is 0 Å². The van der Waals surface area contributed by atoms with E-state index in [2.05, 4.69) is 65.8 Å². The van der Waals surface area contributed by atoms with Crippen molar-refractivity contribution in [3.63, 3.8) is 0 Å². The molecule has 0 radical (unpaired) electrons. The normalized spacial score (nSPS) is 45.7. The number of ether oxygens (including phenoxy) is 2. The molecule has 2 nitrogen and oxygen atoms in total. The van der Waals surface area contributed by atoms with Crippen molar-refractivity contribution in [2.75, 3.05) is 0 Å². The molecule has 0 saturated heterocycles. The number of rotatable bonds is 0. The second kappa shape index (κ2) is 3.13. The van der Waals surface area contributed by atoms with E-state index >= 15 is 0 Å². The van der Waals surface area contributed by atoms with Crippen molar-refractivity contribution in [1.82, 2.24) is 0 Å². The van der Waals surface area contributed by atoms with Crippen molar-refractivity contribution in [3.8, 4) is 0 Å². The van der Waals surface area contributed by atoms with Gasteiger partial charge in [0.15, 0.2) is 0 Å². The fraction of sp³-hybridized carbons (Fsp3) is 0.500. The molecule has 0 aromatic heterocycles. The first-order valence-corrected chi connectivity index (χ1v) is 8.14. The largest absolute Gasteiger partial charge is 0.351 e. The average molecular weight is 294 g/mol. The Morgan fingerprint density at radius 3 is 1.00 bits per heavy atom. The van der Waals surface area contributed by atoms with Gasteiger partial charge in [-0.1, -0.05) is 0 Å². The van der Waals surface area contributed by atoms with E-state index < -0.39 is 0 Å². The zero-order chi connectivity index (χ0) is 15.7. The lowest BCUT2D eigenvalue weighted by Gasteiger charge is -2.30. The highest BCUT2D eigenvalue weighted by Gasteiger charge is 2.58. The summed E-state index contributed by atoms with van der Waals surface area (Å²) in [5.74, 6) is 0. The molecule has 4 atom stereocenters. The zero-order valence-corrected chi connectivity index (χ0v) is 14.1. The van der Waals surface area contributed by atoms with Crippen LogP contribution in [0.1, 0.15) is 61.1 Å². The van der Waals surface area contributed by atoms with Crippen LogP contribution < -0.4 is 0 Å². The van der Waals surface area contributed by atoms with E-state index in [1.807, 2.05) is 0 Å². The molecule has 2 heteroatoms. The minimum Gasteiger partial charge on any atom is -0.351 e. The predicted molar refractivity (Wildman–Crippen MR) is 85.8 cm³/mol. The third-order valence-electron chi connectivity index (χ3n) is 6.27. The molecule has 1 aromatic rings. The van der Waals surface area contributed by atoms with E-state index in [4.69, 9.17) is 9.47 Å². The van der Waals surface area contributed by atoms with E-state index in [0.717, 1.165) is 0 Å². The molecule has 4 bridgehead atoms. The summed E-state index contributed by atoms with van der Waals surface area (Å²) in [6.45, 7) is 13.2. The number of hydrogen-bond donors (Lipinski definition) is 0. The quantitative estimate of drug-likeness (QED) is 0.662. The number of benzene rings is 1. The molecule has 5 rings (SSSR count). The van der Waals surface area contributed by atoms with Gasteiger partial charge in [0.05, 0.1) is 0 Å². The second-order valence-electron chi connectivity index (χ2n) is 8.05. The van der Waals surface area contributed by atoms with Gasteiger partial charge in [-0.15, -0.1) is 0 Å². The van der Waals surface area contributed by atoms with Crippen molar-refractivity contribution in [2.45, 2.75) is 63.9 Å². The van der Waals surface area contributed by atoms with Gasteiger partial charge in [0.25, 0.3) is 0 Å². The molecular weight excluding hydrogens is 272 g/mol. The summed E-state index contributed by atoms with van der Waals surface area (Å²) in [4.78, 5) is 0. The third-order valence-corrected chi connectivity index (χ3v) is 6.27. The molecule has 0 spiro atoms. The Balaban J connectivity index is 1.97. The maximum atomic E-state index is 6.44. The summed E-state index contributed by atoms with van der Waals surface area (Å²) < 4.78 is 12.9. The Hall–Kier alpha value is -1.38. The average Bonchev–Trinajstić information content (AvgIpc) is 3.04. The molecule has 22 heavy (non-hydrogen) atoms. The van der Waals surface area contributed by atoms with Crippen LogP contribution >= 0.6 is 0 Å². The molecule has 4 aliphatic heterocycles. The third kappa shape index (κ3) is 1.10. The molecule has 0 fully saturated rings. The summed E-state index contributed by atoms with van der Waals surface area (Å²) in [6, 6.07) is 0. The van der Waals surface area contributed by atoms with Gasteiger partial charge in [0.1, 0.15) is 22.4 Å². The Kier molecular flexibility index (Phi) is 1.86.